The van der Waals surface area contributed by atoms with Crippen LogP contribution in [0.3, 0.4) is 0 Å². The summed E-state index contributed by atoms with van der Waals surface area (Å²) in [5.74, 6) is -1.87. The summed E-state index contributed by atoms with van der Waals surface area (Å²) in [5.41, 5.74) is 9.22. The number of anilines is 1. The minimum atomic E-state index is -0.963. The number of aryl methyl sites for hydroxylation is 1. The molecule has 5 aromatic rings. The number of amides is 3. The lowest BCUT2D eigenvalue weighted by Crippen LogP contribution is -2.37. The lowest BCUT2D eigenvalue weighted by Gasteiger charge is -2.29. The molecule has 2 N–H and O–H groups in total. The van der Waals surface area contributed by atoms with Gasteiger partial charge in [0.15, 0.2) is 6.10 Å². The number of hydroxylamine groups is 2. The Balaban J connectivity index is 1.40. The summed E-state index contributed by atoms with van der Waals surface area (Å²) >= 11 is 0. The van der Waals surface area contributed by atoms with Crippen molar-refractivity contribution in [3.05, 3.63) is 125 Å². The monoisotopic (exact) mass is 555 g/mol. The van der Waals surface area contributed by atoms with E-state index in [-0.39, 0.29) is 11.8 Å². The van der Waals surface area contributed by atoms with E-state index < -0.39 is 24.0 Å². The molecule has 5 aromatic carbocycles. The highest BCUT2D eigenvalue weighted by atomic mass is 16.7. The first kappa shape index (κ1) is 26.1. The highest BCUT2D eigenvalue weighted by Gasteiger charge is 2.60. The quantitative estimate of drug-likeness (QED) is 0.214. The Morgan fingerprint density at radius 3 is 2.07 bits per heavy atom. The molecule has 42 heavy (non-hydrogen) atoms. The molecule has 0 aliphatic carbocycles. The Morgan fingerprint density at radius 2 is 1.43 bits per heavy atom. The maximum absolute atomic E-state index is 14.4. The summed E-state index contributed by atoms with van der Waals surface area (Å²) in [6.45, 7) is 2.32. The van der Waals surface area contributed by atoms with Gasteiger partial charge in [-0.1, -0.05) is 85.8 Å². The maximum Gasteiger partial charge on any atom is 0.265 e. The van der Waals surface area contributed by atoms with Gasteiger partial charge in [0.25, 0.3) is 5.91 Å². The van der Waals surface area contributed by atoms with Crippen LogP contribution < -0.4 is 10.6 Å². The lowest BCUT2D eigenvalue weighted by atomic mass is 9.84. The van der Waals surface area contributed by atoms with Crippen LogP contribution in [0.5, 0.6) is 0 Å². The molecule has 208 valence electrons. The molecule has 2 saturated heterocycles. The maximum atomic E-state index is 14.4. The number of primary amides is 1. The molecule has 3 unspecified atom stereocenters. The molecule has 2 aliphatic heterocycles. The zero-order valence-electron chi connectivity index (χ0n) is 23.1. The van der Waals surface area contributed by atoms with Crippen LogP contribution in [0.15, 0.2) is 103 Å². The van der Waals surface area contributed by atoms with E-state index in [1.54, 1.807) is 17.2 Å². The third kappa shape index (κ3) is 4.09. The van der Waals surface area contributed by atoms with Crippen LogP contribution >= 0.6 is 0 Å². The number of carbonyl (C=O) groups is 3. The lowest BCUT2D eigenvalue weighted by molar-refractivity contribution is -0.177. The largest absolute Gasteiger partial charge is 0.366 e. The van der Waals surface area contributed by atoms with Crippen molar-refractivity contribution in [1.29, 1.82) is 0 Å². The van der Waals surface area contributed by atoms with E-state index in [0.717, 1.165) is 38.2 Å². The standard InChI is InChI=1S/C35H29N3O4/c1-2-22-9-5-8-14-28(22)38-34(40)30-31(29-26-12-6-3-10-24(26)19-25-11-4-7-13-27(25)29)37(42-32(30)35(38)41)20-21-15-17-23(18-16-21)33(36)39/h3-19,30-32H,2,20H2,1H3,(H2,36,39). The number of benzene rings is 5. The van der Waals surface area contributed by atoms with Gasteiger partial charge >= 0.3 is 0 Å². The molecule has 2 fully saturated rings. The highest BCUT2D eigenvalue weighted by Crippen LogP contribution is 2.50. The fourth-order valence-electron chi connectivity index (χ4n) is 6.52. The van der Waals surface area contributed by atoms with Crippen LogP contribution in [-0.4, -0.2) is 28.9 Å². The molecule has 0 aromatic heterocycles. The summed E-state index contributed by atoms with van der Waals surface area (Å²) in [5, 5.41) is 5.89. The third-order valence-electron chi connectivity index (χ3n) is 8.49. The average Bonchev–Trinajstić information content (AvgIpc) is 3.49. The zero-order chi connectivity index (χ0) is 29.0. The summed E-state index contributed by atoms with van der Waals surface area (Å²) in [6, 6.07) is 32.4. The van der Waals surface area contributed by atoms with Gasteiger partial charge in [-0.05, 0) is 68.9 Å². The summed E-state index contributed by atoms with van der Waals surface area (Å²) < 4.78 is 0. The number of fused-ring (bicyclic) bond motifs is 3. The summed E-state index contributed by atoms with van der Waals surface area (Å²) in [6.07, 6.45) is -0.274. The van der Waals surface area contributed by atoms with Gasteiger partial charge in [-0.25, -0.2) is 4.90 Å². The van der Waals surface area contributed by atoms with Crippen molar-refractivity contribution >= 4 is 45.0 Å². The number of carbonyl (C=O) groups excluding carboxylic acids is 3. The molecular formula is C35H29N3O4. The van der Waals surface area contributed by atoms with Gasteiger partial charge in [-0.15, -0.1) is 0 Å². The Hall–Kier alpha value is -4.85. The summed E-state index contributed by atoms with van der Waals surface area (Å²) in [4.78, 5) is 47.8. The normalized spacial score (nSPS) is 20.5. The second kappa shape index (κ2) is 10.2. The first-order valence-electron chi connectivity index (χ1n) is 14.1. The predicted octanol–water partition coefficient (Wildman–Crippen LogP) is 5.70. The van der Waals surface area contributed by atoms with Gasteiger partial charge in [0.2, 0.25) is 11.8 Å². The van der Waals surface area contributed by atoms with Crippen LogP contribution in [-0.2, 0) is 27.4 Å². The van der Waals surface area contributed by atoms with E-state index in [1.807, 2.05) is 67.6 Å². The van der Waals surface area contributed by atoms with E-state index in [1.165, 1.54) is 4.90 Å². The molecule has 7 rings (SSSR count). The number of hydrogen-bond donors (Lipinski definition) is 1. The van der Waals surface area contributed by atoms with Crippen LogP contribution in [0, 0.1) is 5.92 Å². The van der Waals surface area contributed by atoms with Crippen molar-refractivity contribution in [2.75, 3.05) is 4.90 Å². The van der Waals surface area contributed by atoms with Crippen LogP contribution in [0.4, 0.5) is 5.69 Å². The average molecular weight is 556 g/mol. The van der Waals surface area contributed by atoms with Crippen molar-refractivity contribution in [2.45, 2.75) is 32.0 Å². The number of para-hydroxylation sites is 1. The Bertz CT molecular complexity index is 1830. The molecular weight excluding hydrogens is 526 g/mol. The third-order valence-corrected chi connectivity index (χ3v) is 8.49. The number of nitrogens with zero attached hydrogens (tertiary/aromatic N) is 2. The van der Waals surface area contributed by atoms with Gasteiger partial charge < -0.3 is 5.73 Å². The van der Waals surface area contributed by atoms with Crippen LogP contribution in [0.1, 0.15) is 40.0 Å². The predicted molar refractivity (Wildman–Crippen MR) is 161 cm³/mol. The number of imide groups is 1. The van der Waals surface area contributed by atoms with Gasteiger partial charge in [-0.2, -0.15) is 5.06 Å². The van der Waals surface area contributed by atoms with Crippen molar-refractivity contribution in [3.63, 3.8) is 0 Å². The minimum Gasteiger partial charge on any atom is -0.366 e. The molecule has 7 heteroatoms. The fourth-order valence-corrected chi connectivity index (χ4v) is 6.52. The molecule has 0 bridgehead atoms. The smallest absolute Gasteiger partial charge is 0.265 e. The van der Waals surface area contributed by atoms with Gasteiger partial charge in [-0.3, -0.25) is 19.2 Å². The van der Waals surface area contributed by atoms with Crippen molar-refractivity contribution in [1.82, 2.24) is 5.06 Å². The Kier molecular flexibility index (Phi) is 6.34. The van der Waals surface area contributed by atoms with E-state index in [0.29, 0.717) is 24.2 Å². The molecule has 0 radical (unpaired) electrons. The number of rotatable bonds is 6. The molecule has 2 heterocycles. The molecule has 2 aliphatic rings. The van der Waals surface area contributed by atoms with Crippen LogP contribution in [0.2, 0.25) is 0 Å². The molecule has 0 spiro atoms. The van der Waals surface area contributed by atoms with Crippen LogP contribution in [0.25, 0.3) is 21.5 Å². The highest BCUT2D eigenvalue weighted by molar-refractivity contribution is 6.24. The van der Waals surface area contributed by atoms with Gasteiger partial charge in [0.05, 0.1) is 17.6 Å². The molecule has 3 amide bonds. The fraction of sp³-hybridized carbons (Fsp3) is 0.171. The van der Waals surface area contributed by atoms with Crippen molar-refractivity contribution in [3.8, 4) is 0 Å². The van der Waals surface area contributed by atoms with E-state index in [9.17, 15) is 14.4 Å². The first-order valence-corrected chi connectivity index (χ1v) is 14.1. The Labute approximate surface area is 243 Å². The summed E-state index contributed by atoms with van der Waals surface area (Å²) in [7, 11) is 0. The van der Waals surface area contributed by atoms with Gasteiger partial charge in [0, 0.05) is 12.1 Å². The van der Waals surface area contributed by atoms with Crippen molar-refractivity contribution < 1.29 is 19.2 Å². The minimum absolute atomic E-state index is 0.264. The SMILES string of the molecule is CCc1ccccc1N1C(=O)C2ON(Cc3ccc(C(N)=O)cc3)C(c3c4ccccc4cc4ccccc34)C2C1=O. The molecule has 3 atom stereocenters. The number of hydrogen-bond acceptors (Lipinski definition) is 5. The van der Waals surface area contributed by atoms with Crippen molar-refractivity contribution in [2.24, 2.45) is 11.7 Å². The Morgan fingerprint density at radius 1 is 0.810 bits per heavy atom. The second-order valence-corrected chi connectivity index (χ2v) is 10.9. The topological polar surface area (TPSA) is 92.9 Å². The van der Waals surface area contributed by atoms with E-state index in [4.69, 9.17) is 10.6 Å². The first-order chi connectivity index (χ1) is 20.5. The van der Waals surface area contributed by atoms with E-state index in [2.05, 4.69) is 30.3 Å². The number of nitrogens with two attached hydrogens (primary N) is 1. The zero-order valence-corrected chi connectivity index (χ0v) is 23.1. The second-order valence-electron chi connectivity index (χ2n) is 10.9. The van der Waals surface area contributed by atoms with E-state index >= 15 is 0 Å². The van der Waals surface area contributed by atoms with Gasteiger partial charge in [0.1, 0.15) is 0 Å². The molecule has 7 nitrogen and oxygen atoms in total. The molecule has 0 saturated carbocycles.